The van der Waals surface area contributed by atoms with Crippen LogP contribution in [0, 0.1) is 5.41 Å². The molecule has 0 saturated carbocycles. The lowest BCUT2D eigenvalue weighted by Gasteiger charge is -2.29. The van der Waals surface area contributed by atoms with E-state index in [0.717, 1.165) is 5.56 Å². The van der Waals surface area contributed by atoms with Gasteiger partial charge >= 0.3 is 0 Å². The number of carbonyl (C=O) groups excluding carboxylic acids is 1. The number of amides is 1. The van der Waals surface area contributed by atoms with Crippen LogP contribution in [-0.4, -0.2) is 45.2 Å². The zero-order valence-electron chi connectivity index (χ0n) is 14.0. The maximum absolute atomic E-state index is 12.4. The van der Waals surface area contributed by atoms with Gasteiger partial charge in [0.05, 0.1) is 20.6 Å². The van der Waals surface area contributed by atoms with Crippen molar-refractivity contribution in [1.82, 2.24) is 4.90 Å². The quantitative estimate of drug-likeness (QED) is 0.831. The summed E-state index contributed by atoms with van der Waals surface area (Å²) in [6.45, 7) is 5.23. The highest BCUT2D eigenvalue weighted by molar-refractivity contribution is 5.85. The summed E-state index contributed by atoms with van der Waals surface area (Å²) in [7, 11) is 4.97. The van der Waals surface area contributed by atoms with Crippen LogP contribution < -0.4 is 15.2 Å². The highest BCUT2D eigenvalue weighted by Gasteiger charge is 2.23. The number of ether oxygens (including phenoxy) is 2. The maximum atomic E-state index is 12.4. The molecule has 0 radical (unpaired) electrons. The minimum absolute atomic E-state index is 0. The molecule has 1 aromatic carbocycles. The number of methoxy groups -OCH3 is 2. The van der Waals surface area contributed by atoms with Crippen molar-refractivity contribution in [3.63, 3.8) is 0 Å². The van der Waals surface area contributed by atoms with E-state index in [2.05, 4.69) is 0 Å². The van der Waals surface area contributed by atoms with E-state index >= 15 is 0 Å². The molecule has 1 rings (SSSR count). The van der Waals surface area contributed by atoms with Crippen molar-refractivity contribution in [2.75, 3.05) is 34.4 Å². The lowest BCUT2D eigenvalue weighted by atomic mass is 9.93. The summed E-state index contributed by atoms with van der Waals surface area (Å²) in [5.41, 5.74) is 6.39. The topological polar surface area (TPSA) is 64.8 Å². The highest BCUT2D eigenvalue weighted by atomic mass is 35.5. The van der Waals surface area contributed by atoms with Gasteiger partial charge in [0.15, 0.2) is 0 Å². The van der Waals surface area contributed by atoms with Gasteiger partial charge in [0.2, 0.25) is 5.91 Å². The van der Waals surface area contributed by atoms with E-state index in [4.69, 9.17) is 15.2 Å². The molecular formula is C16H27ClN2O3. The Labute approximate surface area is 139 Å². The Kier molecular flexibility index (Phi) is 8.27. The van der Waals surface area contributed by atoms with E-state index < -0.39 is 0 Å². The van der Waals surface area contributed by atoms with Gasteiger partial charge in [-0.1, -0.05) is 19.9 Å². The van der Waals surface area contributed by atoms with E-state index in [-0.39, 0.29) is 30.2 Å². The van der Waals surface area contributed by atoms with E-state index in [9.17, 15) is 4.79 Å². The number of likely N-dealkylation sites (N-methyl/N-ethyl adjacent to an activating group) is 1. The van der Waals surface area contributed by atoms with Gasteiger partial charge in [-0.25, -0.2) is 0 Å². The minimum Gasteiger partial charge on any atom is -0.496 e. The summed E-state index contributed by atoms with van der Waals surface area (Å²) in [5.74, 6) is 1.34. The molecule has 1 aromatic rings. The molecule has 6 heteroatoms. The number of nitrogens with zero attached hydrogens (tertiary/aromatic N) is 1. The molecule has 2 N–H and O–H groups in total. The number of hydrogen-bond acceptors (Lipinski definition) is 4. The van der Waals surface area contributed by atoms with Crippen LogP contribution in [0.2, 0.25) is 0 Å². The first kappa shape index (κ1) is 20.5. The van der Waals surface area contributed by atoms with Crippen LogP contribution in [0.3, 0.4) is 0 Å². The summed E-state index contributed by atoms with van der Waals surface area (Å²) >= 11 is 0. The first-order valence-corrected chi connectivity index (χ1v) is 6.98. The Bertz CT molecular complexity index is 470. The zero-order chi connectivity index (χ0) is 16.0. The molecule has 1 amide bonds. The SMILES string of the molecule is COc1cccc(OC)c1CC(=O)N(C)CC(C)(C)CN.Cl. The maximum Gasteiger partial charge on any atom is 0.227 e. The monoisotopic (exact) mass is 330 g/mol. The zero-order valence-corrected chi connectivity index (χ0v) is 14.8. The fourth-order valence-electron chi connectivity index (χ4n) is 2.18. The molecule has 0 unspecified atom stereocenters. The van der Waals surface area contributed by atoms with Crippen molar-refractivity contribution in [2.45, 2.75) is 20.3 Å². The van der Waals surface area contributed by atoms with Crippen LogP contribution in [0.4, 0.5) is 0 Å². The summed E-state index contributed by atoms with van der Waals surface area (Å²) < 4.78 is 10.6. The molecule has 0 fully saturated rings. The second-order valence-electron chi connectivity index (χ2n) is 5.94. The second-order valence-corrected chi connectivity index (χ2v) is 5.94. The number of nitrogens with two attached hydrogens (primary N) is 1. The number of halogens is 1. The van der Waals surface area contributed by atoms with E-state index in [1.165, 1.54) is 0 Å². The van der Waals surface area contributed by atoms with Crippen LogP contribution in [0.15, 0.2) is 18.2 Å². The largest absolute Gasteiger partial charge is 0.496 e. The average Bonchev–Trinajstić information content (AvgIpc) is 2.46. The summed E-state index contributed by atoms with van der Waals surface area (Å²) in [6.07, 6.45) is 0.240. The summed E-state index contributed by atoms with van der Waals surface area (Å²) in [5, 5.41) is 0. The van der Waals surface area contributed by atoms with Crippen molar-refractivity contribution in [3.8, 4) is 11.5 Å². The predicted octanol–water partition coefficient (Wildman–Crippen LogP) is 2.11. The Morgan fingerprint density at radius 3 is 2.14 bits per heavy atom. The third kappa shape index (κ3) is 5.39. The van der Waals surface area contributed by atoms with Gasteiger partial charge in [-0.15, -0.1) is 12.4 Å². The number of hydrogen-bond donors (Lipinski definition) is 1. The number of benzene rings is 1. The molecule has 0 aliphatic heterocycles. The molecule has 0 atom stereocenters. The Morgan fingerprint density at radius 2 is 1.73 bits per heavy atom. The lowest BCUT2D eigenvalue weighted by Crippen LogP contribution is -2.40. The third-order valence-electron chi connectivity index (χ3n) is 3.50. The first-order chi connectivity index (χ1) is 9.84. The highest BCUT2D eigenvalue weighted by Crippen LogP contribution is 2.29. The van der Waals surface area contributed by atoms with Gasteiger partial charge in [0.1, 0.15) is 11.5 Å². The molecule has 22 heavy (non-hydrogen) atoms. The number of carbonyl (C=O) groups is 1. The fraction of sp³-hybridized carbons (Fsp3) is 0.562. The Hall–Kier alpha value is -1.46. The standard InChI is InChI=1S/C16H26N2O3.ClH/c1-16(2,10-17)11-18(3)15(19)9-12-13(20-4)7-6-8-14(12)21-5;/h6-8H,9-11,17H2,1-5H3;1H. The van der Waals surface area contributed by atoms with Gasteiger partial charge in [-0.2, -0.15) is 0 Å². The molecule has 0 aliphatic rings. The molecule has 0 saturated heterocycles. The summed E-state index contributed by atoms with van der Waals surface area (Å²) in [4.78, 5) is 14.1. The van der Waals surface area contributed by atoms with Crippen molar-refractivity contribution in [3.05, 3.63) is 23.8 Å². The van der Waals surface area contributed by atoms with Gasteiger partial charge in [-0.3, -0.25) is 4.79 Å². The first-order valence-electron chi connectivity index (χ1n) is 6.98. The Balaban J connectivity index is 0.00000441. The summed E-state index contributed by atoms with van der Waals surface area (Å²) in [6, 6.07) is 5.50. The van der Waals surface area contributed by atoms with Crippen molar-refractivity contribution < 1.29 is 14.3 Å². The van der Waals surface area contributed by atoms with Crippen molar-refractivity contribution in [2.24, 2.45) is 11.1 Å². The fourth-order valence-corrected chi connectivity index (χ4v) is 2.18. The molecule has 0 heterocycles. The van der Waals surface area contributed by atoms with E-state index in [1.807, 2.05) is 32.0 Å². The molecule has 5 nitrogen and oxygen atoms in total. The normalized spacial score (nSPS) is 10.6. The average molecular weight is 331 g/mol. The molecule has 0 bridgehead atoms. The lowest BCUT2D eigenvalue weighted by molar-refractivity contribution is -0.130. The third-order valence-corrected chi connectivity index (χ3v) is 3.50. The van der Waals surface area contributed by atoms with Crippen LogP contribution in [0.1, 0.15) is 19.4 Å². The molecule has 0 aliphatic carbocycles. The Morgan fingerprint density at radius 1 is 1.23 bits per heavy atom. The second kappa shape index (κ2) is 8.86. The van der Waals surface area contributed by atoms with Crippen LogP contribution in [0.25, 0.3) is 0 Å². The van der Waals surface area contributed by atoms with E-state index in [1.54, 1.807) is 26.2 Å². The van der Waals surface area contributed by atoms with Gasteiger partial charge in [-0.05, 0) is 24.1 Å². The van der Waals surface area contributed by atoms with Gasteiger partial charge < -0.3 is 20.1 Å². The number of rotatable bonds is 7. The van der Waals surface area contributed by atoms with Crippen LogP contribution in [0.5, 0.6) is 11.5 Å². The molecule has 126 valence electrons. The van der Waals surface area contributed by atoms with E-state index in [0.29, 0.717) is 24.6 Å². The smallest absolute Gasteiger partial charge is 0.227 e. The molecule has 0 spiro atoms. The van der Waals surface area contributed by atoms with Gasteiger partial charge in [0.25, 0.3) is 0 Å². The van der Waals surface area contributed by atoms with Gasteiger partial charge in [0, 0.05) is 19.2 Å². The minimum atomic E-state index is -0.102. The van der Waals surface area contributed by atoms with Crippen LogP contribution >= 0.6 is 12.4 Å². The van der Waals surface area contributed by atoms with Crippen LogP contribution in [-0.2, 0) is 11.2 Å². The molecule has 0 aromatic heterocycles. The van der Waals surface area contributed by atoms with Crippen molar-refractivity contribution in [1.29, 1.82) is 0 Å². The molecular weight excluding hydrogens is 304 g/mol. The predicted molar refractivity (Wildman–Crippen MR) is 91.0 cm³/mol. The van der Waals surface area contributed by atoms with Crippen molar-refractivity contribution >= 4 is 18.3 Å².